The third-order valence-corrected chi connectivity index (χ3v) is 3.43. The zero-order valence-electron chi connectivity index (χ0n) is 11.3. The zero-order valence-corrected chi connectivity index (χ0v) is 11.3. The maximum atomic E-state index is 13.8. The van der Waals surface area contributed by atoms with Gasteiger partial charge in [0.1, 0.15) is 11.5 Å². The highest BCUT2D eigenvalue weighted by molar-refractivity contribution is 5.92. The van der Waals surface area contributed by atoms with Gasteiger partial charge in [0.15, 0.2) is 0 Å². The van der Waals surface area contributed by atoms with E-state index in [1.54, 1.807) is 4.90 Å². The molecule has 0 N–H and O–H groups in total. The second kappa shape index (κ2) is 5.44. The van der Waals surface area contributed by atoms with Crippen LogP contribution >= 0.6 is 0 Å². The number of rotatable bonds is 3. The van der Waals surface area contributed by atoms with E-state index in [1.165, 1.54) is 6.07 Å². The molecule has 0 amide bonds. The molecule has 0 spiro atoms. The summed E-state index contributed by atoms with van der Waals surface area (Å²) in [6.07, 6.45) is 0.905. The number of hydrogen-bond donors (Lipinski definition) is 0. The van der Waals surface area contributed by atoms with Crippen LogP contribution in [-0.4, -0.2) is 31.1 Å². The van der Waals surface area contributed by atoms with Crippen LogP contribution < -0.4 is 4.90 Å². The lowest BCUT2D eigenvalue weighted by Crippen LogP contribution is -2.21. The van der Waals surface area contributed by atoms with Gasteiger partial charge >= 0.3 is 5.97 Å². The molecule has 20 heavy (non-hydrogen) atoms. The van der Waals surface area contributed by atoms with Gasteiger partial charge in [-0.05, 0) is 18.4 Å². The average Bonchev–Trinajstić information content (AvgIpc) is 2.84. The van der Waals surface area contributed by atoms with E-state index in [4.69, 9.17) is 0 Å². The molecule has 1 aromatic rings. The molecule has 6 nitrogen and oxygen atoms in total. The molecule has 1 saturated heterocycles. The Kier molecular flexibility index (Phi) is 3.87. The highest BCUT2D eigenvalue weighted by Gasteiger charge is 2.29. The molecule has 1 atom stereocenters. The first-order valence-corrected chi connectivity index (χ1v) is 6.25. The third kappa shape index (κ3) is 2.56. The summed E-state index contributed by atoms with van der Waals surface area (Å²) >= 11 is 0. The smallest absolute Gasteiger partial charge is 0.340 e. The van der Waals surface area contributed by atoms with Gasteiger partial charge in [-0.1, -0.05) is 6.92 Å². The number of methoxy groups -OCH3 is 1. The van der Waals surface area contributed by atoms with Crippen LogP contribution in [0.25, 0.3) is 0 Å². The Balaban J connectivity index is 2.51. The number of carbonyl (C=O) groups excluding carboxylic acids is 1. The van der Waals surface area contributed by atoms with Gasteiger partial charge in [-0.3, -0.25) is 10.1 Å². The minimum atomic E-state index is -0.945. The van der Waals surface area contributed by atoms with Crippen LogP contribution in [0.3, 0.4) is 0 Å². The summed E-state index contributed by atoms with van der Waals surface area (Å²) in [6.45, 7) is 3.33. The van der Waals surface area contributed by atoms with E-state index in [0.717, 1.165) is 19.6 Å². The van der Waals surface area contributed by atoms with Crippen molar-refractivity contribution >= 4 is 17.3 Å². The molecule has 0 radical (unpaired) electrons. The summed E-state index contributed by atoms with van der Waals surface area (Å²) in [5.74, 6) is -1.38. The van der Waals surface area contributed by atoms with Crippen molar-refractivity contribution in [3.8, 4) is 0 Å². The Labute approximate surface area is 115 Å². The summed E-state index contributed by atoms with van der Waals surface area (Å²) in [5.41, 5.74) is -0.349. The standard InChI is InChI=1S/C13H15FN2O4/c1-8-3-4-15(7-8)11-5-9(13(17)20-2)10(14)6-12(11)16(18)19/h5-6,8H,3-4,7H2,1-2H3. The second-order valence-electron chi connectivity index (χ2n) is 4.91. The van der Waals surface area contributed by atoms with Gasteiger partial charge in [0, 0.05) is 13.1 Å². The molecule has 0 bridgehead atoms. The quantitative estimate of drug-likeness (QED) is 0.483. The van der Waals surface area contributed by atoms with Gasteiger partial charge in [-0.15, -0.1) is 0 Å². The summed E-state index contributed by atoms with van der Waals surface area (Å²) in [4.78, 5) is 23.7. The number of carbonyl (C=O) groups is 1. The molecule has 7 heteroatoms. The number of nitro benzene ring substituents is 1. The SMILES string of the molecule is COC(=O)c1cc(N2CCC(C)C2)c([N+](=O)[O-])cc1F. The maximum Gasteiger partial charge on any atom is 0.340 e. The minimum Gasteiger partial charge on any atom is -0.465 e. The normalized spacial score (nSPS) is 18.1. The van der Waals surface area contributed by atoms with Crippen molar-refractivity contribution in [2.75, 3.05) is 25.1 Å². The van der Waals surface area contributed by atoms with Crippen molar-refractivity contribution in [2.24, 2.45) is 5.92 Å². The topological polar surface area (TPSA) is 72.7 Å². The Morgan fingerprint density at radius 3 is 2.75 bits per heavy atom. The minimum absolute atomic E-state index is 0.265. The van der Waals surface area contributed by atoms with Crippen LogP contribution in [0.15, 0.2) is 12.1 Å². The van der Waals surface area contributed by atoms with Crippen molar-refractivity contribution in [1.29, 1.82) is 0 Å². The fourth-order valence-corrected chi connectivity index (χ4v) is 2.37. The first kappa shape index (κ1) is 14.2. The van der Waals surface area contributed by atoms with Crippen LogP contribution in [0.4, 0.5) is 15.8 Å². The maximum absolute atomic E-state index is 13.8. The number of anilines is 1. The molecule has 2 rings (SSSR count). The molecular formula is C13H15FN2O4. The number of hydrogen-bond acceptors (Lipinski definition) is 5. The Bertz CT molecular complexity index is 562. The van der Waals surface area contributed by atoms with Crippen molar-refractivity contribution in [1.82, 2.24) is 0 Å². The highest BCUT2D eigenvalue weighted by atomic mass is 19.1. The number of halogens is 1. The van der Waals surface area contributed by atoms with E-state index >= 15 is 0 Å². The van der Waals surface area contributed by atoms with Crippen LogP contribution in [0, 0.1) is 21.8 Å². The lowest BCUT2D eigenvalue weighted by atomic mass is 10.1. The molecule has 108 valence electrons. The van der Waals surface area contributed by atoms with Crippen molar-refractivity contribution in [2.45, 2.75) is 13.3 Å². The molecular weight excluding hydrogens is 267 g/mol. The van der Waals surface area contributed by atoms with Gasteiger partial charge in [-0.25, -0.2) is 9.18 Å². The molecule has 0 aromatic heterocycles. The van der Waals surface area contributed by atoms with Gasteiger partial charge in [0.05, 0.1) is 23.7 Å². The van der Waals surface area contributed by atoms with Crippen molar-refractivity contribution in [3.05, 3.63) is 33.6 Å². The number of esters is 1. The Hall–Kier alpha value is -2.18. The van der Waals surface area contributed by atoms with E-state index in [2.05, 4.69) is 4.74 Å². The molecule has 1 aliphatic heterocycles. The second-order valence-corrected chi connectivity index (χ2v) is 4.91. The first-order valence-electron chi connectivity index (χ1n) is 6.25. The Morgan fingerprint density at radius 2 is 2.25 bits per heavy atom. The van der Waals surface area contributed by atoms with E-state index in [0.29, 0.717) is 19.0 Å². The largest absolute Gasteiger partial charge is 0.465 e. The van der Waals surface area contributed by atoms with Crippen molar-refractivity contribution in [3.63, 3.8) is 0 Å². The lowest BCUT2D eigenvalue weighted by Gasteiger charge is -2.19. The van der Waals surface area contributed by atoms with Crippen LogP contribution in [0.5, 0.6) is 0 Å². The van der Waals surface area contributed by atoms with Crippen LogP contribution in [0.1, 0.15) is 23.7 Å². The fraction of sp³-hybridized carbons (Fsp3) is 0.462. The molecule has 0 aliphatic carbocycles. The number of ether oxygens (including phenoxy) is 1. The molecule has 1 fully saturated rings. The summed E-state index contributed by atoms with van der Waals surface area (Å²) in [5, 5.41) is 11.1. The molecule has 0 saturated carbocycles. The van der Waals surface area contributed by atoms with E-state index in [9.17, 15) is 19.3 Å². The summed E-state index contributed by atoms with van der Waals surface area (Å²) in [7, 11) is 1.14. The Morgan fingerprint density at radius 1 is 1.55 bits per heavy atom. The van der Waals surface area contributed by atoms with E-state index < -0.39 is 16.7 Å². The molecule has 1 heterocycles. The number of benzene rings is 1. The van der Waals surface area contributed by atoms with E-state index in [1.807, 2.05) is 6.92 Å². The average molecular weight is 282 g/mol. The first-order chi connectivity index (χ1) is 9.43. The van der Waals surface area contributed by atoms with Crippen LogP contribution in [-0.2, 0) is 4.74 Å². The summed E-state index contributed by atoms with van der Waals surface area (Å²) in [6, 6.07) is 1.99. The molecule has 1 aromatic carbocycles. The van der Waals surface area contributed by atoms with Crippen LogP contribution in [0.2, 0.25) is 0 Å². The monoisotopic (exact) mass is 282 g/mol. The van der Waals surface area contributed by atoms with Crippen molar-refractivity contribution < 1.29 is 18.8 Å². The zero-order chi connectivity index (χ0) is 14.9. The third-order valence-electron chi connectivity index (χ3n) is 3.43. The van der Waals surface area contributed by atoms with E-state index in [-0.39, 0.29) is 16.9 Å². The number of nitro groups is 1. The molecule has 1 aliphatic rings. The van der Waals surface area contributed by atoms with Gasteiger partial charge in [-0.2, -0.15) is 0 Å². The summed E-state index contributed by atoms with van der Waals surface area (Å²) < 4.78 is 18.3. The fourth-order valence-electron chi connectivity index (χ4n) is 2.37. The highest BCUT2D eigenvalue weighted by Crippen LogP contribution is 2.34. The predicted octanol–water partition coefficient (Wildman–Crippen LogP) is 2.37. The predicted molar refractivity (Wildman–Crippen MR) is 70.4 cm³/mol. The van der Waals surface area contributed by atoms with Gasteiger partial charge in [0.25, 0.3) is 5.69 Å². The molecule has 1 unspecified atom stereocenters. The van der Waals surface area contributed by atoms with Gasteiger partial charge in [0.2, 0.25) is 0 Å². The van der Waals surface area contributed by atoms with Gasteiger partial charge < -0.3 is 9.64 Å². The lowest BCUT2D eigenvalue weighted by molar-refractivity contribution is -0.384. The number of nitrogens with zero attached hydrogens (tertiary/aromatic N) is 2.